The molecule has 0 radical (unpaired) electrons. The molecule has 192 valence electrons. The van der Waals surface area contributed by atoms with Crippen LogP contribution in [0.25, 0.3) is 0 Å². The molecule has 0 aliphatic carbocycles. The summed E-state index contributed by atoms with van der Waals surface area (Å²) in [4.78, 5) is 11.1. The van der Waals surface area contributed by atoms with Crippen LogP contribution < -0.4 is 14.8 Å². The molecule has 36 heavy (non-hydrogen) atoms. The topological polar surface area (TPSA) is 97.3 Å². The van der Waals surface area contributed by atoms with E-state index < -0.39 is 12.1 Å². The van der Waals surface area contributed by atoms with Gasteiger partial charge in [-0.3, -0.25) is 4.79 Å². The predicted octanol–water partition coefficient (Wildman–Crippen LogP) is 3.70. The number of carbonyl (C=O) groups is 1. The van der Waals surface area contributed by atoms with Crippen molar-refractivity contribution < 1.29 is 33.6 Å². The molecule has 7 nitrogen and oxygen atoms in total. The minimum atomic E-state index is -0.761. The highest BCUT2D eigenvalue weighted by atomic mass is 19.1. The van der Waals surface area contributed by atoms with Crippen molar-refractivity contribution in [1.29, 1.82) is 0 Å². The first-order valence-electron chi connectivity index (χ1n) is 11.8. The van der Waals surface area contributed by atoms with E-state index in [2.05, 4.69) is 5.32 Å². The van der Waals surface area contributed by atoms with Crippen LogP contribution in [-0.4, -0.2) is 42.5 Å². The quantitative estimate of drug-likeness (QED) is 0.178. The van der Waals surface area contributed by atoms with Gasteiger partial charge in [0.05, 0.1) is 25.9 Å². The fourth-order valence-electron chi connectivity index (χ4n) is 3.52. The first-order chi connectivity index (χ1) is 17.4. The van der Waals surface area contributed by atoms with Gasteiger partial charge < -0.3 is 29.7 Å². The number of halogens is 1. The van der Waals surface area contributed by atoms with Gasteiger partial charge >= 0.3 is 5.97 Å². The lowest BCUT2D eigenvalue weighted by Crippen LogP contribution is -2.24. The number of ether oxygens (including phenoxy) is 3. The molecule has 3 N–H and O–H groups in total. The molecule has 0 amide bonds. The SMILES string of the molecule is CC(=O)Oc1ccc(C(O)CNCCc2ccc(OCCOCc3ccc(F)cc3)cc2)cc1CO. The van der Waals surface area contributed by atoms with Crippen LogP contribution in [-0.2, 0) is 29.2 Å². The molecule has 0 heterocycles. The van der Waals surface area contributed by atoms with E-state index in [0.717, 1.165) is 23.3 Å². The third kappa shape index (κ3) is 9.05. The molecule has 1 unspecified atom stereocenters. The predicted molar refractivity (Wildman–Crippen MR) is 133 cm³/mol. The standard InChI is InChI=1S/C28H32FNO6/c1-20(32)36-28-11-6-23(16-24(28)18-31)27(33)17-30-13-12-21-4-9-26(10-5-21)35-15-14-34-19-22-2-7-25(29)8-3-22/h2-11,16,27,30-31,33H,12-15,17-19H2,1H3. The van der Waals surface area contributed by atoms with Crippen molar-refractivity contribution in [2.24, 2.45) is 0 Å². The number of carbonyl (C=O) groups excluding carboxylic acids is 1. The molecule has 0 saturated carbocycles. The Morgan fingerprint density at radius 1 is 1.00 bits per heavy atom. The van der Waals surface area contributed by atoms with Crippen molar-refractivity contribution >= 4 is 5.97 Å². The van der Waals surface area contributed by atoms with Gasteiger partial charge in [-0.1, -0.05) is 30.3 Å². The van der Waals surface area contributed by atoms with E-state index >= 15 is 0 Å². The lowest BCUT2D eigenvalue weighted by molar-refractivity contribution is -0.131. The summed E-state index contributed by atoms with van der Waals surface area (Å²) in [5.74, 6) is 0.315. The Hall–Kier alpha value is -3.30. The number of aliphatic hydroxyl groups is 2. The Labute approximate surface area is 210 Å². The van der Waals surface area contributed by atoms with Gasteiger partial charge in [0.15, 0.2) is 0 Å². The highest BCUT2D eigenvalue weighted by Crippen LogP contribution is 2.24. The number of hydrogen-bond donors (Lipinski definition) is 3. The van der Waals surface area contributed by atoms with Gasteiger partial charge in [0.2, 0.25) is 0 Å². The summed E-state index contributed by atoms with van der Waals surface area (Å²) in [6, 6.07) is 18.9. The Balaban J connectivity index is 1.33. The van der Waals surface area contributed by atoms with E-state index in [1.54, 1.807) is 30.3 Å². The fourth-order valence-corrected chi connectivity index (χ4v) is 3.52. The monoisotopic (exact) mass is 497 g/mol. The van der Waals surface area contributed by atoms with Gasteiger partial charge in [-0.2, -0.15) is 0 Å². The summed E-state index contributed by atoms with van der Waals surface area (Å²) in [7, 11) is 0. The molecule has 0 saturated heterocycles. The molecule has 0 aromatic heterocycles. The van der Waals surface area contributed by atoms with Crippen molar-refractivity contribution in [3.05, 3.63) is 94.8 Å². The van der Waals surface area contributed by atoms with Gasteiger partial charge in [0.1, 0.15) is 23.9 Å². The van der Waals surface area contributed by atoms with Gasteiger partial charge in [-0.25, -0.2) is 4.39 Å². The maximum Gasteiger partial charge on any atom is 0.308 e. The van der Waals surface area contributed by atoms with Gasteiger partial charge in [-0.05, 0) is 66.1 Å². The van der Waals surface area contributed by atoms with Crippen LogP contribution in [0.15, 0.2) is 66.7 Å². The highest BCUT2D eigenvalue weighted by Gasteiger charge is 2.12. The van der Waals surface area contributed by atoms with Crippen LogP contribution in [0.4, 0.5) is 4.39 Å². The zero-order valence-corrected chi connectivity index (χ0v) is 20.3. The number of nitrogens with one attached hydrogen (secondary N) is 1. The van der Waals surface area contributed by atoms with E-state index in [-0.39, 0.29) is 12.4 Å². The summed E-state index contributed by atoms with van der Waals surface area (Å²) >= 11 is 0. The molecule has 0 aliphatic heterocycles. The molecule has 1 atom stereocenters. The Morgan fingerprint density at radius 2 is 1.72 bits per heavy atom. The van der Waals surface area contributed by atoms with Crippen LogP contribution in [0, 0.1) is 5.82 Å². The second-order valence-corrected chi connectivity index (χ2v) is 8.26. The number of aliphatic hydroxyl groups excluding tert-OH is 2. The minimum Gasteiger partial charge on any atom is -0.491 e. The number of esters is 1. The summed E-state index contributed by atoms with van der Waals surface area (Å²) in [6.07, 6.45) is 0.0175. The Morgan fingerprint density at radius 3 is 2.42 bits per heavy atom. The van der Waals surface area contributed by atoms with E-state index in [1.807, 2.05) is 24.3 Å². The van der Waals surface area contributed by atoms with Crippen molar-refractivity contribution in [2.45, 2.75) is 32.7 Å². The molecule has 3 aromatic carbocycles. The average Bonchev–Trinajstić information content (AvgIpc) is 2.88. The lowest BCUT2D eigenvalue weighted by atomic mass is 10.0. The van der Waals surface area contributed by atoms with Gasteiger partial charge in [0.25, 0.3) is 0 Å². The maximum absolute atomic E-state index is 12.9. The lowest BCUT2D eigenvalue weighted by Gasteiger charge is -2.15. The molecule has 3 rings (SSSR count). The average molecular weight is 498 g/mol. The zero-order valence-electron chi connectivity index (χ0n) is 20.3. The second-order valence-electron chi connectivity index (χ2n) is 8.26. The Bertz CT molecular complexity index is 1090. The van der Waals surface area contributed by atoms with E-state index in [9.17, 15) is 19.4 Å². The number of benzene rings is 3. The smallest absolute Gasteiger partial charge is 0.308 e. The third-order valence-electron chi connectivity index (χ3n) is 5.42. The molecule has 0 aliphatic rings. The number of rotatable bonds is 14. The Kier molecular flexibility index (Phi) is 10.8. The molecule has 8 heteroatoms. The number of hydrogen-bond acceptors (Lipinski definition) is 7. The summed E-state index contributed by atoms with van der Waals surface area (Å²) in [5.41, 5.74) is 3.12. The van der Waals surface area contributed by atoms with Crippen LogP contribution in [0.5, 0.6) is 11.5 Å². The van der Waals surface area contributed by atoms with E-state index in [0.29, 0.717) is 49.8 Å². The molecular weight excluding hydrogens is 465 g/mol. The van der Waals surface area contributed by atoms with Crippen LogP contribution in [0.3, 0.4) is 0 Å². The summed E-state index contributed by atoms with van der Waals surface area (Å²) < 4.78 is 29.2. The molecule has 0 fully saturated rings. The fraction of sp³-hybridized carbons (Fsp3) is 0.321. The van der Waals surface area contributed by atoms with Crippen molar-refractivity contribution in [3.63, 3.8) is 0 Å². The molecular formula is C28H32FNO6. The molecule has 0 spiro atoms. The largest absolute Gasteiger partial charge is 0.491 e. The molecule has 0 bridgehead atoms. The van der Waals surface area contributed by atoms with Crippen LogP contribution in [0.1, 0.15) is 35.3 Å². The zero-order chi connectivity index (χ0) is 25.8. The van der Waals surface area contributed by atoms with Crippen LogP contribution >= 0.6 is 0 Å². The highest BCUT2D eigenvalue weighted by molar-refractivity contribution is 5.69. The van der Waals surface area contributed by atoms with E-state index in [1.165, 1.54) is 19.1 Å². The first-order valence-corrected chi connectivity index (χ1v) is 11.8. The summed E-state index contributed by atoms with van der Waals surface area (Å²) in [5, 5.41) is 23.2. The van der Waals surface area contributed by atoms with Crippen molar-refractivity contribution in [2.75, 3.05) is 26.3 Å². The second kappa shape index (κ2) is 14.3. The summed E-state index contributed by atoms with van der Waals surface area (Å²) in [6.45, 7) is 3.27. The van der Waals surface area contributed by atoms with Gasteiger partial charge in [0, 0.05) is 19.0 Å². The van der Waals surface area contributed by atoms with Crippen molar-refractivity contribution in [3.8, 4) is 11.5 Å². The molecule has 3 aromatic rings. The van der Waals surface area contributed by atoms with E-state index in [4.69, 9.17) is 14.2 Å². The van der Waals surface area contributed by atoms with Gasteiger partial charge in [-0.15, -0.1) is 0 Å². The third-order valence-corrected chi connectivity index (χ3v) is 5.42. The van der Waals surface area contributed by atoms with Crippen molar-refractivity contribution in [1.82, 2.24) is 5.32 Å². The maximum atomic E-state index is 12.9. The normalized spacial score (nSPS) is 11.8. The van der Waals surface area contributed by atoms with Crippen LogP contribution in [0.2, 0.25) is 0 Å². The minimum absolute atomic E-state index is 0.263. The first kappa shape index (κ1) is 27.3.